The van der Waals surface area contributed by atoms with E-state index in [1.165, 1.54) is 20.2 Å². The van der Waals surface area contributed by atoms with Gasteiger partial charge in [-0.2, -0.15) is 0 Å². The molecule has 3 aromatic heterocycles. The van der Waals surface area contributed by atoms with Gasteiger partial charge in [0.2, 0.25) is 0 Å². The molecule has 181 valence electrons. The van der Waals surface area contributed by atoms with Crippen molar-refractivity contribution >= 4 is 44.8 Å². The van der Waals surface area contributed by atoms with Gasteiger partial charge in [-0.05, 0) is 22.6 Å². The predicted octanol–water partition coefficient (Wildman–Crippen LogP) is 8.01. The maximum absolute atomic E-state index is 4.68. The molecule has 0 spiro atoms. The van der Waals surface area contributed by atoms with Gasteiger partial charge in [-0.15, -0.1) is 83.1 Å². The summed E-state index contributed by atoms with van der Waals surface area (Å²) in [6, 6.07) is 37.1. The first-order valence-corrected chi connectivity index (χ1v) is 16.0. The Hall–Kier alpha value is -2.95. The van der Waals surface area contributed by atoms with Gasteiger partial charge in [-0.1, -0.05) is 56.0 Å². The average molecular weight is 679 g/mol. The second kappa shape index (κ2) is 11.4. The van der Waals surface area contributed by atoms with Gasteiger partial charge in [0, 0.05) is 52.7 Å². The van der Waals surface area contributed by atoms with Crippen molar-refractivity contribution in [2.45, 2.75) is 19.6 Å². The van der Waals surface area contributed by atoms with Crippen molar-refractivity contribution in [3.05, 3.63) is 116 Å². The van der Waals surface area contributed by atoms with Crippen LogP contribution in [0.15, 0.2) is 103 Å². The van der Waals surface area contributed by atoms with Gasteiger partial charge in [0.05, 0.1) is 8.07 Å². The summed E-state index contributed by atoms with van der Waals surface area (Å²) in [5, 5.41) is 4.16. The van der Waals surface area contributed by atoms with Crippen molar-refractivity contribution in [2.75, 3.05) is 0 Å². The number of fused-ring (bicyclic) bond motifs is 3. The Morgan fingerprint density at radius 2 is 1.39 bits per heavy atom. The van der Waals surface area contributed by atoms with Crippen LogP contribution < -0.4 is 5.19 Å². The van der Waals surface area contributed by atoms with Gasteiger partial charge >= 0.3 is 0 Å². The van der Waals surface area contributed by atoms with Gasteiger partial charge in [0.25, 0.3) is 0 Å². The predicted molar refractivity (Wildman–Crippen MR) is 153 cm³/mol. The minimum absolute atomic E-state index is 0. The molecule has 3 aromatic carbocycles. The Bertz CT molecular complexity index is 1520. The number of pyridine rings is 2. The van der Waals surface area contributed by atoms with E-state index in [1.807, 2.05) is 78.2 Å². The third kappa shape index (κ3) is 5.71. The third-order valence-electron chi connectivity index (χ3n) is 5.83. The largest absolute Gasteiger partial charge is 0.305 e. The van der Waals surface area contributed by atoms with Crippen LogP contribution in [0.2, 0.25) is 19.6 Å². The van der Waals surface area contributed by atoms with E-state index in [0.717, 1.165) is 22.5 Å². The quantitative estimate of drug-likeness (QED) is 0.140. The summed E-state index contributed by atoms with van der Waals surface area (Å²) in [6.45, 7) is 7.23. The van der Waals surface area contributed by atoms with Gasteiger partial charge in [-0.3, -0.25) is 0 Å². The van der Waals surface area contributed by atoms with Gasteiger partial charge < -0.3 is 9.97 Å². The molecule has 0 saturated heterocycles. The Morgan fingerprint density at radius 3 is 2.00 bits per heavy atom. The zero-order valence-corrected chi connectivity index (χ0v) is 24.7. The Kier molecular flexibility index (Phi) is 8.27. The normalized spacial score (nSPS) is 11.0. The van der Waals surface area contributed by atoms with E-state index in [-0.39, 0.29) is 20.1 Å². The van der Waals surface area contributed by atoms with Gasteiger partial charge in [0.15, 0.2) is 0 Å². The third-order valence-corrected chi connectivity index (χ3v) is 9.24. The maximum Gasteiger partial charge on any atom is 0.0794 e. The molecule has 3 heterocycles. The van der Waals surface area contributed by atoms with Crippen LogP contribution in [0.25, 0.3) is 42.7 Å². The van der Waals surface area contributed by atoms with E-state index in [2.05, 4.69) is 72.1 Å². The van der Waals surface area contributed by atoms with E-state index in [0.29, 0.717) is 0 Å². The molecule has 0 aliphatic heterocycles. The van der Waals surface area contributed by atoms with E-state index < -0.39 is 8.07 Å². The Labute approximate surface area is 231 Å². The zero-order chi connectivity index (χ0) is 24.3. The van der Waals surface area contributed by atoms with Crippen LogP contribution in [0.5, 0.6) is 0 Å². The van der Waals surface area contributed by atoms with E-state index in [9.17, 15) is 0 Å². The fraction of sp³-hybridized carbons (Fsp3) is 0.0968. The summed E-state index contributed by atoms with van der Waals surface area (Å²) in [5.41, 5.74) is 4.06. The van der Waals surface area contributed by atoms with Crippen LogP contribution in [-0.2, 0) is 20.1 Å². The van der Waals surface area contributed by atoms with Crippen molar-refractivity contribution in [1.82, 2.24) is 9.97 Å². The van der Waals surface area contributed by atoms with E-state index in [1.54, 1.807) is 11.4 Å². The molecule has 0 fully saturated rings. The molecule has 6 rings (SSSR count). The average Bonchev–Trinajstić information content (AvgIpc) is 3.28. The minimum atomic E-state index is -1.35. The van der Waals surface area contributed by atoms with Gasteiger partial charge in [0.1, 0.15) is 0 Å². The Balaban J connectivity index is 0.000000198. The number of rotatable bonds is 3. The van der Waals surface area contributed by atoms with Crippen LogP contribution in [0.4, 0.5) is 0 Å². The molecule has 0 amide bonds. The molecule has 6 aromatic rings. The first kappa shape index (κ1) is 26.1. The molecule has 1 radical (unpaired) electrons. The SMILES string of the molecule is C[Si](C)(C)c1cccc2c1sc1cc(-c3[c-]cccc3)ncc12.[Ir].[c-]1ccccc1-c1ccccn1. The fourth-order valence-corrected chi connectivity index (χ4v) is 7.67. The van der Waals surface area contributed by atoms with Crippen LogP contribution in [0.1, 0.15) is 0 Å². The number of aromatic nitrogens is 2. The molecule has 5 heteroatoms. The molecule has 0 aliphatic carbocycles. The molecule has 0 bridgehead atoms. The molecule has 2 nitrogen and oxygen atoms in total. The zero-order valence-electron chi connectivity index (χ0n) is 20.5. The molecule has 0 unspecified atom stereocenters. The number of nitrogens with zero attached hydrogens (tertiary/aromatic N) is 2. The summed E-state index contributed by atoms with van der Waals surface area (Å²) in [4.78, 5) is 8.90. The van der Waals surface area contributed by atoms with E-state index in [4.69, 9.17) is 0 Å². The van der Waals surface area contributed by atoms with Crippen molar-refractivity contribution in [1.29, 1.82) is 0 Å². The van der Waals surface area contributed by atoms with Crippen LogP contribution in [-0.4, -0.2) is 18.0 Å². The first-order valence-electron chi connectivity index (χ1n) is 11.7. The van der Waals surface area contributed by atoms with Crippen molar-refractivity contribution < 1.29 is 20.1 Å². The summed E-state index contributed by atoms with van der Waals surface area (Å²) >= 11 is 1.90. The minimum Gasteiger partial charge on any atom is -0.305 e. The maximum atomic E-state index is 4.68. The molecule has 0 aliphatic rings. The van der Waals surface area contributed by atoms with Crippen LogP contribution in [0, 0.1) is 12.1 Å². The van der Waals surface area contributed by atoms with Gasteiger partial charge in [-0.25, -0.2) is 0 Å². The molecule has 0 N–H and O–H groups in total. The standard InChI is InChI=1S/C20H18NSSi.C11H8N.Ir/c1-23(2,3)19-11-7-10-15-16-13-21-17(12-18(16)22-20(15)19)14-8-5-4-6-9-14;1-2-6-10(7-3-1)11-8-4-5-9-12-11;/h4-8,10-13H,1-3H3;1-6,8-9H;/q2*-1;. The second-order valence-corrected chi connectivity index (χ2v) is 15.5. The number of thiophene rings is 1. The monoisotopic (exact) mass is 679 g/mol. The summed E-state index contributed by atoms with van der Waals surface area (Å²) < 4.78 is 2.76. The first-order chi connectivity index (χ1) is 17.0. The smallest absolute Gasteiger partial charge is 0.0794 e. The number of hydrogen-bond acceptors (Lipinski definition) is 3. The molecule has 0 saturated carbocycles. The Morgan fingerprint density at radius 1 is 0.694 bits per heavy atom. The van der Waals surface area contributed by atoms with Crippen molar-refractivity contribution in [2.24, 2.45) is 0 Å². The number of benzene rings is 3. The molecular weight excluding hydrogens is 653 g/mol. The number of hydrogen-bond donors (Lipinski definition) is 0. The fourth-order valence-electron chi connectivity index (χ4n) is 4.06. The molecule has 0 atom stereocenters. The summed E-state index contributed by atoms with van der Waals surface area (Å²) in [6.07, 6.45) is 3.81. The molecular formula is C31H26IrN2SSi-2. The van der Waals surface area contributed by atoms with E-state index >= 15 is 0 Å². The van der Waals surface area contributed by atoms with Crippen LogP contribution >= 0.6 is 11.3 Å². The molecule has 36 heavy (non-hydrogen) atoms. The van der Waals surface area contributed by atoms with Crippen molar-refractivity contribution in [3.63, 3.8) is 0 Å². The van der Waals surface area contributed by atoms with Crippen LogP contribution in [0.3, 0.4) is 0 Å². The summed E-state index contributed by atoms with van der Waals surface area (Å²) in [5.74, 6) is 0. The topological polar surface area (TPSA) is 25.8 Å². The second-order valence-electron chi connectivity index (χ2n) is 9.37. The summed E-state index contributed by atoms with van der Waals surface area (Å²) in [7, 11) is -1.35. The van der Waals surface area contributed by atoms with Crippen molar-refractivity contribution in [3.8, 4) is 22.5 Å².